The minimum atomic E-state index is 0.777. The normalized spacial score (nSPS) is 13.5. The van der Waals surface area contributed by atoms with E-state index < -0.39 is 0 Å². The van der Waals surface area contributed by atoms with Crippen LogP contribution in [0.15, 0.2) is 65.9 Å². The average molecular weight is 342 g/mol. The molecule has 1 aliphatic carbocycles. The summed E-state index contributed by atoms with van der Waals surface area (Å²) in [6.07, 6.45) is 4.73. The fraction of sp³-hybridized carbons (Fsp3) is 0.227. The van der Waals surface area contributed by atoms with Crippen LogP contribution in [0.2, 0.25) is 0 Å². The zero-order valence-corrected chi connectivity index (χ0v) is 15.2. The Morgan fingerprint density at radius 3 is 2.50 bits per heavy atom. The second kappa shape index (κ2) is 7.08. The van der Waals surface area contributed by atoms with Crippen LogP contribution in [-0.4, -0.2) is 34.8 Å². The number of nitrogens with zero attached hydrogens (tertiary/aromatic N) is 4. The lowest BCUT2D eigenvalue weighted by molar-refractivity contribution is 0.623. The Bertz CT molecular complexity index is 945. The molecule has 1 heterocycles. The van der Waals surface area contributed by atoms with Crippen molar-refractivity contribution in [2.45, 2.75) is 19.3 Å². The van der Waals surface area contributed by atoms with Crippen molar-refractivity contribution in [3.05, 3.63) is 77.6 Å². The van der Waals surface area contributed by atoms with Crippen molar-refractivity contribution in [2.24, 2.45) is 4.99 Å². The Balaban J connectivity index is 1.87. The maximum atomic E-state index is 4.95. The van der Waals surface area contributed by atoms with E-state index in [-0.39, 0.29) is 0 Å². The van der Waals surface area contributed by atoms with Crippen LogP contribution in [0.4, 0.5) is 5.82 Å². The van der Waals surface area contributed by atoms with Crippen LogP contribution in [0.3, 0.4) is 0 Å². The molecular weight excluding hydrogens is 320 g/mol. The summed E-state index contributed by atoms with van der Waals surface area (Å²) in [6.45, 7) is 0. The van der Waals surface area contributed by atoms with Crippen LogP contribution >= 0.6 is 0 Å². The van der Waals surface area contributed by atoms with Gasteiger partial charge in [-0.25, -0.2) is 15.0 Å². The highest BCUT2D eigenvalue weighted by Crippen LogP contribution is 2.34. The van der Waals surface area contributed by atoms with E-state index in [1.165, 1.54) is 11.1 Å². The fourth-order valence-corrected chi connectivity index (χ4v) is 3.50. The van der Waals surface area contributed by atoms with Gasteiger partial charge in [-0.15, -0.1) is 0 Å². The number of amidine groups is 1. The summed E-state index contributed by atoms with van der Waals surface area (Å²) in [5.74, 6) is 1.68. The lowest BCUT2D eigenvalue weighted by atomic mass is 10.0. The highest BCUT2D eigenvalue weighted by molar-refractivity contribution is 6.00. The molecule has 2 aromatic carbocycles. The summed E-state index contributed by atoms with van der Waals surface area (Å²) in [5.41, 5.74) is 5.82. The number of aryl methyl sites for hydroxylation is 1. The first-order valence-electron chi connectivity index (χ1n) is 8.97. The van der Waals surface area contributed by atoms with Gasteiger partial charge in [0.15, 0.2) is 5.82 Å². The third kappa shape index (κ3) is 3.10. The number of rotatable bonds is 2. The van der Waals surface area contributed by atoms with Crippen LogP contribution < -0.4 is 0 Å². The smallest absolute Gasteiger partial charge is 0.161 e. The number of hydrogen-bond acceptors (Lipinski definition) is 3. The maximum absolute atomic E-state index is 4.95. The molecule has 4 rings (SSSR count). The molecule has 0 radical (unpaired) electrons. The first-order valence-corrected chi connectivity index (χ1v) is 8.97. The summed E-state index contributed by atoms with van der Waals surface area (Å²) >= 11 is 0. The van der Waals surface area contributed by atoms with Crippen molar-refractivity contribution in [3.63, 3.8) is 0 Å². The summed E-state index contributed by atoms with van der Waals surface area (Å²) in [4.78, 5) is 16.1. The topological polar surface area (TPSA) is 41.4 Å². The number of fused-ring (bicyclic) bond motifs is 3. The van der Waals surface area contributed by atoms with Gasteiger partial charge in [0.05, 0.1) is 5.69 Å². The van der Waals surface area contributed by atoms with Gasteiger partial charge in [0.1, 0.15) is 12.2 Å². The van der Waals surface area contributed by atoms with Crippen molar-refractivity contribution >= 4 is 11.7 Å². The second-order valence-corrected chi connectivity index (χ2v) is 6.73. The van der Waals surface area contributed by atoms with Crippen LogP contribution in [0.1, 0.15) is 23.1 Å². The monoisotopic (exact) mass is 342 g/mol. The van der Waals surface area contributed by atoms with Gasteiger partial charge < -0.3 is 4.90 Å². The zero-order chi connectivity index (χ0) is 17.9. The van der Waals surface area contributed by atoms with Gasteiger partial charge in [0, 0.05) is 30.8 Å². The number of aliphatic imine (C=N–C) groups is 1. The van der Waals surface area contributed by atoms with Gasteiger partial charge in [-0.05, 0) is 24.8 Å². The molecule has 1 aromatic heterocycles. The molecule has 1 aliphatic rings. The van der Waals surface area contributed by atoms with E-state index >= 15 is 0 Å². The number of benzene rings is 2. The molecular formula is C22H22N4. The third-order valence-electron chi connectivity index (χ3n) is 4.74. The molecule has 0 unspecified atom stereocenters. The highest BCUT2D eigenvalue weighted by atomic mass is 15.2. The van der Waals surface area contributed by atoms with Crippen molar-refractivity contribution in [1.29, 1.82) is 0 Å². The Kier molecular flexibility index (Phi) is 4.48. The van der Waals surface area contributed by atoms with Crippen molar-refractivity contribution < 1.29 is 0 Å². The lowest BCUT2D eigenvalue weighted by Crippen LogP contribution is -2.23. The number of aromatic nitrogens is 2. The molecule has 0 N–H and O–H groups in total. The van der Waals surface area contributed by atoms with Crippen LogP contribution in [-0.2, 0) is 12.8 Å². The molecule has 4 nitrogen and oxygen atoms in total. The average Bonchev–Trinajstić information content (AvgIpc) is 2.86. The van der Waals surface area contributed by atoms with Crippen molar-refractivity contribution in [2.75, 3.05) is 14.1 Å². The van der Waals surface area contributed by atoms with E-state index in [1.54, 1.807) is 6.33 Å². The van der Waals surface area contributed by atoms with Gasteiger partial charge in [0.2, 0.25) is 0 Å². The minimum Gasteiger partial charge on any atom is -0.362 e. The zero-order valence-electron chi connectivity index (χ0n) is 15.2. The van der Waals surface area contributed by atoms with E-state index in [9.17, 15) is 0 Å². The molecule has 4 heteroatoms. The Labute approximate surface area is 154 Å². The predicted molar refractivity (Wildman–Crippen MR) is 106 cm³/mol. The molecule has 0 aliphatic heterocycles. The van der Waals surface area contributed by atoms with Crippen molar-refractivity contribution in [1.82, 2.24) is 14.9 Å². The Hall–Kier alpha value is -3.01. The predicted octanol–water partition coefficient (Wildman–Crippen LogP) is 4.27. The van der Waals surface area contributed by atoms with Gasteiger partial charge in [-0.2, -0.15) is 0 Å². The summed E-state index contributed by atoms with van der Waals surface area (Å²) in [6, 6.07) is 18.8. The third-order valence-corrected chi connectivity index (χ3v) is 4.74. The van der Waals surface area contributed by atoms with E-state index in [1.807, 2.05) is 37.2 Å². The first kappa shape index (κ1) is 16.5. The molecule has 0 saturated heterocycles. The van der Waals surface area contributed by atoms with Gasteiger partial charge in [0.25, 0.3) is 0 Å². The van der Waals surface area contributed by atoms with Gasteiger partial charge in [-0.3, -0.25) is 0 Å². The van der Waals surface area contributed by atoms with Crippen LogP contribution in [0, 0.1) is 0 Å². The van der Waals surface area contributed by atoms with E-state index in [4.69, 9.17) is 4.99 Å². The fourth-order valence-electron chi connectivity index (χ4n) is 3.50. The summed E-state index contributed by atoms with van der Waals surface area (Å²) in [5, 5.41) is 0. The van der Waals surface area contributed by atoms with E-state index in [0.717, 1.165) is 47.7 Å². The molecule has 0 spiro atoms. The maximum Gasteiger partial charge on any atom is 0.161 e. The molecule has 26 heavy (non-hydrogen) atoms. The summed E-state index contributed by atoms with van der Waals surface area (Å²) in [7, 11) is 4.03. The van der Waals surface area contributed by atoms with E-state index in [2.05, 4.69) is 46.4 Å². The Morgan fingerprint density at radius 2 is 1.69 bits per heavy atom. The van der Waals surface area contributed by atoms with Gasteiger partial charge >= 0.3 is 0 Å². The molecule has 130 valence electrons. The molecule has 0 atom stereocenters. The number of hydrogen-bond donors (Lipinski definition) is 0. The lowest BCUT2D eigenvalue weighted by Gasteiger charge is -2.17. The standard InChI is InChI=1S/C22H22N4/c1-26(2)22(17-10-4-3-5-11-17)25-21-19-14-8-12-16-9-6-7-13-18(16)20(19)23-15-24-21/h3-7,9-11,13,15H,8,12,14H2,1-2H3. The Morgan fingerprint density at radius 1 is 0.923 bits per heavy atom. The quantitative estimate of drug-likeness (QED) is 0.516. The van der Waals surface area contributed by atoms with Gasteiger partial charge in [-0.1, -0.05) is 54.6 Å². The second-order valence-electron chi connectivity index (χ2n) is 6.73. The van der Waals surface area contributed by atoms with E-state index in [0.29, 0.717) is 0 Å². The first-order chi connectivity index (χ1) is 12.7. The highest BCUT2D eigenvalue weighted by Gasteiger charge is 2.19. The largest absolute Gasteiger partial charge is 0.362 e. The van der Waals surface area contributed by atoms with Crippen molar-refractivity contribution in [3.8, 4) is 11.3 Å². The molecule has 0 saturated carbocycles. The SMILES string of the molecule is CN(C)C(=Nc1ncnc2c1CCCc1ccccc1-2)c1ccccc1. The molecule has 0 fully saturated rings. The van der Waals surface area contributed by atoms with Crippen LogP contribution in [0.5, 0.6) is 0 Å². The molecule has 3 aromatic rings. The molecule has 0 amide bonds. The molecule has 0 bridgehead atoms. The minimum absolute atomic E-state index is 0.777. The summed E-state index contributed by atoms with van der Waals surface area (Å²) < 4.78 is 0. The van der Waals surface area contributed by atoms with Crippen LogP contribution in [0.25, 0.3) is 11.3 Å².